The van der Waals surface area contributed by atoms with Crippen LogP contribution in [0.15, 0.2) is 23.4 Å². The number of rotatable bonds is 5. The fourth-order valence-electron chi connectivity index (χ4n) is 3.74. The number of carbonyl (C=O) groups excluding carboxylic acids is 1. The lowest BCUT2D eigenvalue weighted by Gasteiger charge is -2.23. The van der Waals surface area contributed by atoms with Crippen molar-refractivity contribution in [2.75, 3.05) is 13.1 Å². The van der Waals surface area contributed by atoms with E-state index in [4.69, 9.17) is 22.0 Å². The number of nitrogens with zero attached hydrogens (tertiary/aromatic N) is 4. The first-order valence-electron chi connectivity index (χ1n) is 10.1. The molecule has 1 aliphatic heterocycles. The maximum absolute atomic E-state index is 13.1. The molecule has 1 fully saturated rings. The molecule has 0 radical (unpaired) electrons. The smallest absolute Gasteiger partial charge is 0.236 e. The van der Waals surface area contributed by atoms with Crippen LogP contribution in [0.3, 0.4) is 0 Å². The fourth-order valence-corrected chi connectivity index (χ4v) is 5.03. The number of halogens is 1. The summed E-state index contributed by atoms with van der Waals surface area (Å²) >= 11 is 7.78. The van der Waals surface area contributed by atoms with Crippen LogP contribution in [0.1, 0.15) is 37.4 Å². The van der Waals surface area contributed by atoms with Gasteiger partial charge < -0.3 is 4.90 Å². The van der Waals surface area contributed by atoms with Crippen LogP contribution in [0.4, 0.5) is 0 Å². The molecule has 30 heavy (non-hydrogen) atoms. The molecule has 2 N–H and O–H groups in total. The van der Waals surface area contributed by atoms with Gasteiger partial charge >= 0.3 is 0 Å². The van der Waals surface area contributed by atoms with Gasteiger partial charge in [0.25, 0.3) is 0 Å². The molecule has 0 bridgehead atoms. The highest BCUT2D eigenvalue weighted by Crippen LogP contribution is 2.30. The predicted molar refractivity (Wildman–Crippen MR) is 119 cm³/mol. The molecule has 0 spiro atoms. The number of nitrogens with one attached hydrogen (secondary N) is 2. The molecular formula is C21H25ClN6OS. The number of H-pyrrole nitrogens is 1. The van der Waals surface area contributed by atoms with Crippen molar-refractivity contribution < 1.29 is 4.79 Å². The highest BCUT2D eigenvalue weighted by Gasteiger charge is 2.28. The van der Waals surface area contributed by atoms with Gasteiger partial charge in [0.2, 0.25) is 5.91 Å². The summed E-state index contributed by atoms with van der Waals surface area (Å²) in [7, 11) is 0. The molecule has 1 aliphatic rings. The number of aromatic amines is 1. The monoisotopic (exact) mass is 444 g/mol. The average Bonchev–Trinajstić information content (AvgIpc) is 3.38. The molecule has 0 aliphatic carbocycles. The Labute approximate surface area is 184 Å². The Morgan fingerprint density at radius 2 is 2.07 bits per heavy atom. The van der Waals surface area contributed by atoms with Gasteiger partial charge in [-0.2, -0.15) is 5.10 Å². The molecular weight excluding hydrogens is 420 g/mol. The number of aryl methyl sites for hydroxylation is 2. The Hall–Kier alpha value is -2.32. The van der Waals surface area contributed by atoms with Gasteiger partial charge in [-0.05, 0) is 50.8 Å². The Balaban J connectivity index is 1.84. The number of hydrogen-bond acceptors (Lipinski definition) is 5. The highest BCUT2D eigenvalue weighted by atomic mass is 35.5. The average molecular weight is 445 g/mol. The highest BCUT2D eigenvalue weighted by molar-refractivity contribution is 8.00. The van der Waals surface area contributed by atoms with E-state index in [1.807, 2.05) is 43.9 Å². The molecule has 4 rings (SSSR count). The third-order valence-electron chi connectivity index (χ3n) is 5.51. The summed E-state index contributed by atoms with van der Waals surface area (Å²) < 4.78 is 1.76. The summed E-state index contributed by atoms with van der Waals surface area (Å²) in [6, 6.07) is 5.69. The van der Waals surface area contributed by atoms with E-state index in [-0.39, 0.29) is 16.6 Å². The van der Waals surface area contributed by atoms with Gasteiger partial charge in [0.05, 0.1) is 16.3 Å². The van der Waals surface area contributed by atoms with Crippen molar-refractivity contribution in [1.82, 2.24) is 24.6 Å². The van der Waals surface area contributed by atoms with Crippen molar-refractivity contribution in [3.63, 3.8) is 0 Å². The Bertz CT molecular complexity index is 1160. The maximum atomic E-state index is 13.1. The van der Waals surface area contributed by atoms with Gasteiger partial charge in [-0.25, -0.2) is 4.98 Å². The predicted octanol–water partition coefficient (Wildman–Crippen LogP) is 3.99. The second-order valence-electron chi connectivity index (χ2n) is 7.61. The minimum Gasteiger partial charge on any atom is -0.342 e. The van der Waals surface area contributed by atoms with E-state index < -0.39 is 0 Å². The van der Waals surface area contributed by atoms with Crippen LogP contribution in [-0.2, 0) is 4.79 Å². The van der Waals surface area contributed by atoms with Crippen molar-refractivity contribution in [3.8, 4) is 5.69 Å². The number of hydrogen-bond donors (Lipinski definition) is 2. The van der Waals surface area contributed by atoms with Crippen LogP contribution >= 0.6 is 23.4 Å². The van der Waals surface area contributed by atoms with Crippen molar-refractivity contribution in [3.05, 3.63) is 40.0 Å². The summed E-state index contributed by atoms with van der Waals surface area (Å²) in [5.41, 5.74) is 3.25. The number of aromatic nitrogens is 4. The number of benzene rings is 1. The molecule has 3 heterocycles. The molecule has 3 aromatic rings. The molecule has 0 unspecified atom stereocenters. The number of likely N-dealkylation sites (tertiary alicyclic amines) is 1. The Morgan fingerprint density at radius 3 is 2.73 bits per heavy atom. The van der Waals surface area contributed by atoms with Gasteiger partial charge in [-0.15, -0.1) is 0 Å². The quantitative estimate of drug-likeness (QED) is 0.459. The first-order valence-corrected chi connectivity index (χ1v) is 11.4. The van der Waals surface area contributed by atoms with Crippen LogP contribution in [0.25, 0.3) is 16.7 Å². The second-order valence-corrected chi connectivity index (χ2v) is 9.18. The SMILES string of the molecule is CC[C@@H](Sc1nc2n[nH]c(C)c2c(=N)n1-c1ccc(C)c(Cl)c1)C(=O)N1CCCC1. The molecule has 1 saturated heterocycles. The minimum absolute atomic E-state index is 0.139. The Kier molecular flexibility index (Phi) is 5.88. The zero-order valence-electron chi connectivity index (χ0n) is 17.3. The molecule has 0 saturated carbocycles. The summed E-state index contributed by atoms with van der Waals surface area (Å²) in [4.78, 5) is 19.7. The van der Waals surface area contributed by atoms with Gasteiger partial charge in [0.1, 0.15) is 5.49 Å². The largest absolute Gasteiger partial charge is 0.342 e. The molecule has 158 valence electrons. The molecule has 1 atom stereocenters. The summed E-state index contributed by atoms with van der Waals surface area (Å²) in [5, 5.41) is 17.7. The number of carbonyl (C=O) groups is 1. The molecule has 2 aromatic heterocycles. The number of fused-ring (bicyclic) bond motifs is 1. The van der Waals surface area contributed by atoms with Gasteiger partial charge in [-0.1, -0.05) is 36.4 Å². The van der Waals surface area contributed by atoms with E-state index in [1.54, 1.807) is 4.57 Å². The third kappa shape index (κ3) is 3.74. The van der Waals surface area contributed by atoms with Gasteiger partial charge in [0.15, 0.2) is 10.8 Å². The summed E-state index contributed by atoms with van der Waals surface area (Å²) in [5.74, 6) is 0.139. The first kappa shape index (κ1) is 20.9. The molecule has 1 aromatic carbocycles. The van der Waals surface area contributed by atoms with Crippen LogP contribution in [0.5, 0.6) is 0 Å². The lowest BCUT2D eigenvalue weighted by molar-refractivity contribution is -0.129. The van der Waals surface area contributed by atoms with E-state index in [0.717, 1.165) is 42.9 Å². The van der Waals surface area contributed by atoms with E-state index in [2.05, 4.69) is 10.2 Å². The topological polar surface area (TPSA) is 90.7 Å². The molecule has 7 nitrogen and oxygen atoms in total. The first-order chi connectivity index (χ1) is 14.4. The van der Waals surface area contributed by atoms with Crippen LogP contribution in [-0.4, -0.2) is 48.9 Å². The van der Waals surface area contributed by atoms with Crippen molar-refractivity contribution in [1.29, 1.82) is 5.41 Å². The Morgan fingerprint density at radius 1 is 1.33 bits per heavy atom. The second kappa shape index (κ2) is 8.43. The van der Waals surface area contributed by atoms with Gasteiger partial charge in [-0.3, -0.25) is 19.9 Å². The lowest BCUT2D eigenvalue weighted by Crippen LogP contribution is -2.35. The van der Waals surface area contributed by atoms with E-state index in [9.17, 15) is 4.79 Å². The van der Waals surface area contributed by atoms with E-state index in [1.165, 1.54) is 11.8 Å². The number of amides is 1. The molecule has 1 amide bonds. The van der Waals surface area contributed by atoms with Crippen molar-refractivity contribution in [2.45, 2.75) is 50.4 Å². The lowest BCUT2D eigenvalue weighted by atomic mass is 10.2. The maximum Gasteiger partial charge on any atom is 0.236 e. The van der Waals surface area contributed by atoms with Crippen LogP contribution in [0, 0.1) is 19.3 Å². The zero-order chi connectivity index (χ0) is 21.4. The van der Waals surface area contributed by atoms with Crippen LogP contribution in [0.2, 0.25) is 5.02 Å². The minimum atomic E-state index is -0.264. The van der Waals surface area contributed by atoms with E-state index >= 15 is 0 Å². The molecule has 9 heteroatoms. The van der Waals surface area contributed by atoms with E-state index in [0.29, 0.717) is 27.6 Å². The van der Waals surface area contributed by atoms with Gasteiger partial charge in [0, 0.05) is 23.8 Å². The number of thioether (sulfide) groups is 1. The summed E-state index contributed by atoms with van der Waals surface area (Å²) in [6.07, 6.45) is 2.80. The van der Waals surface area contributed by atoms with Crippen molar-refractivity contribution in [2.24, 2.45) is 0 Å². The fraction of sp³-hybridized carbons (Fsp3) is 0.429. The summed E-state index contributed by atoms with van der Waals surface area (Å²) in [6.45, 7) is 7.46. The standard InChI is InChI=1S/C21H25ClN6OS/c1-4-16(20(29)27-9-5-6-10-27)30-21-24-19-17(13(3)25-26-19)18(23)28(21)14-8-7-12(2)15(22)11-14/h7-8,11,16,23H,4-6,9-10H2,1-3H3,(H,25,26)/t16-/m1/s1. The van der Waals surface area contributed by atoms with Crippen molar-refractivity contribution >= 4 is 40.3 Å². The third-order valence-corrected chi connectivity index (χ3v) is 7.22. The van der Waals surface area contributed by atoms with Crippen LogP contribution < -0.4 is 5.49 Å². The zero-order valence-corrected chi connectivity index (χ0v) is 18.9. The normalized spacial score (nSPS) is 15.1.